The second-order valence-electron chi connectivity index (χ2n) is 7.44. The first-order valence-corrected chi connectivity index (χ1v) is 10.2. The predicted octanol–water partition coefficient (Wildman–Crippen LogP) is 3.28. The zero-order valence-corrected chi connectivity index (χ0v) is 17.0. The van der Waals surface area contributed by atoms with E-state index < -0.39 is 11.6 Å². The van der Waals surface area contributed by atoms with Crippen molar-refractivity contribution in [3.63, 3.8) is 0 Å². The van der Waals surface area contributed by atoms with E-state index in [0.29, 0.717) is 50.7 Å². The van der Waals surface area contributed by atoms with Gasteiger partial charge in [-0.2, -0.15) is 4.98 Å². The number of rotatable bonds is 5. The molecule has 1 aliphatic heterocycles. The molecule has 2 aromatic carbocycles. The Labute approximate surface area is 181 Å². The third kappa shape index (κ3) is 3.96. The molecular weight excluding hydrogens is 420 g/mol. The van der Waals surface area contributed by atoms with Crippen molar-refractivity contribution in [1.29, 1.82) is 0 Å². The predicted molar refractivity (Wildman–Crippen MR) is 110 cm³/mol. The van der Waals surface area contributed by atoms with Crippen LogP contribution in [-0.2, 0) is 16.1 Å². The minimum absolute atomic E-state index is 0.0890. The van der Waals surface area contributed by atoms with E-state index in [1.807, 2.05) is 27.7 Å². The molecule has 32 heavy (non-hydrogen) atoms. The summed E-state index contributed by atoms with van der Waals surface area (Å²) in [7, 11) is 0. The molecule has 1 aliphatic rings. The van der Waals surface area contributed by atoms with Gasteiger partial charge in [-0.1, -0.05) is 5.16 Å². The van der Waals surface area contributed by atoms with Gasteiger partial charge in [-0.25, -0.2) is 13.8 Å². The number of ether oxygens (including phenoxy) is 1. The Morgan fingerprint density at radius 2 is 1.84 bits per heavy atom. The average Bonchev–Trinajstić information content (AvgIpc) is 3.47. The molecule has 1 amide bonds. The van der Waals surface area contributed by atoms with Crippen LogP contribution in [-0.4, -0.2) is 56.8 Å². The fourth-order valence-corrected chi connectivity index (χ4v) is 3.66. The van der Waals surface area contributed by atoms with Gasteiger partial charge in [0, 0.05) is 37.2 Å². The highest BCUT2D eigenvalue weighted by molar-refractivity contribution is 5.81. The van der Waals surface area contributed by atoms with Crippen molar-refractivity contribution in [3.05, 3.63) is 54.4 Å². The van der Waals surface area contributed by atoms with E-state index in [1.165, 1.54) is 6.07 Å². The van der Waals surface area contributed by atoms with Crippen LogP contribution in [0.1, 0.15) is 6.42 Å². The number of hydrogen-bond acceptors (Lipinski definition) is 6. The fraction of sp³-hybridized carbons (Fsp3) is 0.273. The van der Waals surface area contributed by atoms with Crippen molar-refractivity contribution >= 4 is 16.9 Å². The zero-order chi connectivity index (χ0) is 22.1. The molecule has 0 radical (unpaired) electrons. The van der Waals surface area contributed by atoms with E-state index in [1.54, 1.807) is 6.33 Å². The largest absolute Gasteiger partial charge is 0.378 e. The molecule has 0 unspecified atom stereocenters. The summed E-state index contributed by atoms with van der Waals surface area (Å²) in [6.45, 7) is 2.94. The van der Waals surface area contributed by atoms with Crippen molar-refractivity contribution in [2.75, 3.05) is 26.3 Å². The number of benzene rings is 2. The van der Waals surface area contributed by atoms with Gasteiger partial charge < -0.3 is 18.7 Å². The minimum atomic E-state index is -0.985. The Hall–Kier alpha value is -3.66. The standard InChI is InChI=1S/C22H19F2N5O3/c23-16-3-1-15(11-17(16)24)22-26-21(27-32-22)14-2-4-19-18(12-14)25-13-29(19)6-5-20(30)28-7-9-31-10-8-28/h1-4,11-13H,5-10H2. The SMILES string of the molecule is O=C(CCn1cnc2cc(-c3noc(-c4ccc(F)c(F)c4)n3)ccc21)N1CCOCC1. The van der Waals surface area contributed by atoms with Crippen molar-refractivity contribution in [2.24, 2.45) is 0 Å². The van der Waals surface area contributed by atoms with E-state index in [2.05, 4.69) is 15.1 Å². The number of carbonyl (C=O) groups is 1. The lowest BCUT2D eigenvalue weighted by atomic mass is 10.2. The summed E-state index contributed by atoms with van der Waals surface area (Å²) in [5, 5.41) is 3.94. The van der Waals surface area contributed by atoms with Crippen LogP contribution < -0.4 is 0 Å². The minimum Gasteiger partial charge on any atom is -0.378 e. The molecule has 1 fully saturated rings. The Morgan fingerprint density at radius 1 is 1.03 bits per heavy atom. The molecule has 4 aromatic rings. The molecule has 0 aliphatic carbocycles. The van der Waals surface area contributed by atoms with Crippen LogP contribution in [0.2, 0.25) is 0 Å². The number of fused-ring (bicyclic) bond motifs is 1. The highest BCUT2D eigenvalue weighted by Gasteiger charge is 2.17. The molecule has 5 rings (SSSR count). The Bertz CT molecular complexity index is 1280. The monoisotopic (exact) mass is 439 g/mol. The molecule has 2 aromatic heterocycles. The molecule has 0 spiro atoms. The fourth-order valence-electron chi connectivity index (χ4n) is 3.66. The van der Waals surface area contributed by atoms with Gasteiger partial charge in [0.2, 0.25) is 11.7 Å². The quantitative estimate of drug-likeness (QED) is 0.474. The third-order valence-electron chi connectivity index (χ3n) is 5.40. The van der Waals surface area contributed by atoms with E-state index in [9.17, 15) is 13.6 Å². The van der Waals surface area contributed by atoms with Crippen LogP contribution in [0.15, 0.2) is 47.2 Å². The molecule has 0 atom stereocenters. The van der Waals surface area contributed by atoms with Crippen molar-refractivity contribution in [1.82, 2.24) is 24.6 Å². The normalized spacial score (nSPS) is 14.2. The number of carbonyl (C=O) groups excluding carboxylic acids is 1. The van der Waals surface area contributed by atoms with Gasteiger partial charge in [0.15, 0.2) is 11.6 Å². The summed E-state index contributed by atoms with van der Waals surface area (Å²) in [6, 6.07) is 8.91. The number of nitrogens with zero attached hydrogens (tertiary/aromatic N) is 5. The van der Waals surface area contributed by atoms with Crippen molar-refractivity contribution in [2.45, 2.75) is 13.0 Å². The Balaban J connectivity index is 1.32. The van der Waals surface area contributed by atoms with Gasteiger partial charge in [-0.05, 0) is 36.4 Å². The molecular formula is C22H19F2N5O3. The van der Waals surface area contributed by atoms with Gasteiger partial charge in [-0.15, -0.1) is 0 Å². The van der Waals surface area contributed by atoms with Crippen LogP contribution in [0.4, 0.5) is 8.78 Å². The zero-order valence-electron chi connectivity index (χ0n) is 17.0. The summed E-state index contributed by atoms with van der Waals surface area (Å²) in [4.78, 5) is 22.9. The van der Waals surface area contributed by atoms with E-state index in [4.69, 9.17) is 9.26 Å². The smallest absolute Gasteiger partial charge is 0.258 e. The number of aromatic nitrogens is 4. The molecule has 8 nitrogen and oxygen atoms in total. The lowest BCUT2D eigenvalue weighted by Crippen LogP contribution is -2.40. The van der Waals surface area contributed by atoms with E-state index >= 15 is 0 Å². The van der Waals surface area contributed by atoms with Gasteiger partial charge in [0.25, 0.3) is 5.89 Å². The van der Waals surface area contributed by atoms with Crippen LogP contribution in [0.3, 0.4) is 0 Å². The molecule has 0 saturated carbocycles. The van der Waals surface area contributed by atoms with Crippen LogP contribution >= 0.6 is 0 Å². The number of imidazole rings is 1. The first-order valence-electron chi connectivity index (χ1n) is 10.2. The number of halogens is 2. The molecule has 1 saturated heterocycles. The average molecular weight is 439 g/mol. The lowest BCUT2D eigenvalue weighted by molar-refractivity contribution is -0.135. The lowest BCUT2D eigenvalue weighted by Gasteiger charge is -2.26. The van der Waals surface area contributed by atoms with E-state index in [0.717, 1.165) is 23.2 Å². The summed E-state index contributed by atoms with van der Waals surface area (Å²) >= 11 is 0. The summed E-state index contributed by atoms with van der Waals surface area (Å²) < 4.78 is 39.1. The first-order chi connectivity index (χ1) is 15.6. The maximum absolute atomic E-state index is 13.5. The maximum Gasteiger partial charge on any atom is 0.258 e. The molecule has 10 heteroatoms. The second kappa shape index (κ2) is 8.46. The first kappa shape index (κ1) is 20.3. The Morgan fingerprint density at radius 3 is 2.66 bits per heavy atom. The van der Waals surface area contributed by atoms with Gasteiger partial charge in [0.05, 0.1) is 30.6 Å². The summed E-state index contributed by atoms with van der Waals surface area (Å²) in [5.74, 6) is -1.43. The van der Waals surface area contributed by atoms with Crippen molar-refractivity contribution in [3.8, 4) is 22.8 Å². The number of amides is 1. The number of morpholine rings is 1. The highest BCUT2D eigenvalue weighted by atomic mass is 19.2. The van der Waals surface area contributed by atoms with Crippen molar-refractivity contribution < 1.29 is 22.8 Å². The molecule has 0 N–H and O–H groups in total. The van der Waals surface area contributed by atoms with E-state index in [-0.39, 0.29) is 17.4 Å². The summed E-state index contributed by atoms with van der Waals surface area (Å²) in [6.07, 6.45) is 2.08. The second-order valence-corrected chi connectivity index (χ2v) is 7.44. The van der Waals surface area contributed by atoms with Gasteiger partial charge >= 0.3 is 0 Å². The molecule has 3 heterocycles. The molecule has 0 bridgehead atoms. The highest BCUT2D eigenvalue weighted by Crippen LogP contribution is 2.26. The van der Waals surface area contributed by atoms with Gasteiger partial charge in [0.1, 0.15) is 0 Å². The number of hydrogen-bond donors (Lipinski definition) is 0. The van der Waals surface area contributed by atoms with Crippen LogP contribution in [0.25, 0.3) is 33.9 Å². The summed E-state index contributed by atoms with van der Waals surface area (Å²) in [5.41, 5.74) is 2.57. The number of aryl methyl sites for hydroxylation is 1. The van der Waals surface area contributed by atoms with Crippen LogP contribution in [0, 0.1) is 11.6 Å². The Kier molecular flexibility index (Phi) is 5.36. The maximum atomic E-state index is 13.5. The van der Waals surface area contributed by atoms with Gasteiger partial charge in [-0.3, -0.25) is 4.79 Å². The van der Waals surface area contributed by atoms with Crippen LogP contribution in [0.5, 0.6) is 0 Å². The third-order valence-corrected chi connectivity index (χ3v) is 5.40. The molecule has 164 valence electrons. The topological polar surface area (TPSA) is 86.3 Å².